The number of anilines is 1. The molecule has 0 bridgehead atoms. The summed E-state index contributed by atoms with van der Waals surface area (Å²) in [6, 6.07) is 4.76. The summed E-state index contributed by atoms with van der Waals surface area (Å²) in [6.45, 7) is 4.35. The highest BCUT2D eigenvalue weighted by Crippen LogP contribution is 2.27. The number of benzene rings is 1. The predicted octanol–water partition coefficient (Wildman–Crippen LogP) is 2.33. The van der Waals surface area contributed by atoms with E-state index in [4.69, 9.17) is 10.5 Å². The first-order chi connectivity index (χ1) is 6.47. The molecule has 2 N–H and O–H groups in total. The summed E-state index contributed by atoms with van der Waals surface area (Å²) in [5.41, 5.74) is 6.22. The van der Waals surface area contributed by atoms with Crippen molar-refractivity contribution in [3.8, 4) is 0 Å². The molecule has 0 saturated heterocycles. The van der Waals surface area contributed by atoms with Gasteiger partial charge < -0.3 is 10.5 Å². The fraction of sp³-hybridized carbons (Fsp3) is 0.455. The van der Waals surface area contributed by atoms with Crippen LogP contribution >= 0.6 is 0 Å². The standard InChI is InChI=1S/C11H16FNO/c1-11(2,7-14-3)9-5-4-8(13)6-10(9)12/h4-6H,7,13H2,1-3H3. The molecule has 0 aliphatic rings. The number of hydrogen-bond donors (Lipinski definition) is 1. The van der Waals surface area contributed by atoms with Crippen LogP contribution in [0.1, 0.15) is 19.4 Å². The van der Waals surface area contributed by atoms with Gasteiger partial charge in [-0.2, -0.15) is 0 Å². The topological polar surface area (TPSA) is 35.2 Å². The number of rotatable bonds is 3. The fourth-order valence-electron chi connectivity index (χ4n) is 1.52. The van der Waals surface area contributed by atoms with Crippen molar-refractivity contribution in [3.63, 3.8) is 0 Å². The second-order valence-electron chi connectivity index (χ2n) is 4.06. The van der Waals surface area contributed by atoms with E-state index >= 15 is 0 Å². The van der Waals surface area contributed by atoms with E-state index in [1.54, 1.807) is 19.2 Å². The Morgan fingerprint density at radius 3 is 2.57 bits per heavy atom. The lowest BCUT2D eigenvalue weighted by molar-refractivity contribution is 0.145. The Bertz CT molecular complexity index is 323. The summed E-state index contributed by atoms with van der Waals surface area (Å²) in [6.07, 6.45) is 0. The molecule has 0 aromatic heterocycles. The lowest BCUT2D eigenvalue weighted by atomic mass is 9.85. The maximum Gasteiger partial charge on any atom is 0.129 e. The lowest BCUT2D eigenvalue weighted by Crippen LogP contribution is -2.25. The molecule has 0 atom stereocenters. The number of methoxy groups -OCH3 is 1. The quantitative estimate of drug-likeness (QED) is 0.755. The highest BCUT2D eigenvalue weighted by molar-refractivity contribution is 5.42. The van der Waals surface area contributed by atoms with Crippen LogP contribution in [0.3, 0.4) is 0 Å². The van der Waals surface area contributed by atoms with Gasteiger partial charge in [-0.05, 0) is 17.7 Å². The average molecular weight is 197 g/mol. The van der Waals surface area contributed by atoms with Gasteiger partial charge in [-0.15, -0.1) is 0 Å². The Kier molecular flexibility index (Phi) is 3.11. The molecule has 2 nitrogen and oxygen atoms in total. The minimum atomic E-state index is -0.327. The third-order valence-corrected chi connectivity index (χ3v) is 2.23. The first-order valence-corrected chi connectivity index (χ1v) is 4.52. The van der Waals surface area contributed by atoms with E-state index in [0.717, 1.165) is 0 Å². The molecular weight excluding hydrogens is 181 g/mol. The highest BCUT2D eigenvalue weighted by Gasteiger charge is 2.23. The number of ether oxygens (including phenoxy) is 1. The van der Waals surface area contributed by atoms with Crippen LogP contribution in [0.2, 0.25) is 0 Å². The number of nitrogen functional groups attached to an aromatic ring is 1. The van der Waals surface area contributed by atoms with Crippen molar-refractivity contribution in [3.05, 3.63) is 29.6 Å². The minimum Gasteiger partial charge on any atom is -0.399 e. The predicted molar refractivity (Wildman–Crippen MR) is 55.7 cm³/mol. The molecule has 0 saturated carbocycles. The molecule has 14 heavy (non-hydrogen) atoms. The Labute approximate surface area is 83.9 Å². The molecule has 0 spiro atoms. The van der Waals surface area contributed by atoms with E-state index in [-0.39, 0.29) is 11.2 Å². The fourth-order valence-corrected chi connectivity index (χ4v) is 1.52. The smallest absolute Gasteiger partial charge is 0.129 e. The third-order valence-electron chi connectivity index (χ3n) is 2.23. The van der Waals surface area contributed by atoms with Crippen LogP contribution in [-0.4, -0.2) is 13.7 Å². The van der Waals surface area contributed by atoms with Gasteiger partial charge in [-0.1, -0.05) is 19.9 Å². The average Bonchev–Trinajstić information content (AvgIpc) is 2.02. The lowest BCUT2D eigenvalue weighted by Gasteiger charge is -2.24. The van der Waals surface area contributed by atoms with Gasteiger partial charge in [0.05, 0.1) is 6.61 Å². The largest absolute Gasteiger partial charge is 0.399 e. The molecule has 1 rings (SSSR count). The van der Waals surface area contributed by atoms with Crippen molar-refractivity contribution in [1.29, 1.82) is 0 Å². The first-order valence-electron chi connectivity index (χ1n) is 4.52. The molecule has 0 amide bonds. The molecule has 1 aromatic rings. The van der Waals surface area contributed by atoms with Crippen molar-refractivity contribution in [2.24, 2.45) is 0 Å². The summed E-state index contributed by atoms with van der Waals surface area (Å²) >= 11 is 0. The van der Waals surface area contributed by atoms with Crippen molar-refractivity contribution >= 4 is 5.69 Å². The summed E-state index contributed by atoms with van der Waals surface area (Å²) < 4.78 is 18.6. The van der Waals surface area contributed by atoms with Gasteiger partial charge in [-0.25, -0.2) is 4.39 Å². The second-order valence-corrected chi connectivity index (χ2v) is 4.06. The Morgan fingerprint density at radius 2 is 2.07 bits per heavy atom. The summed E-state index contributed by atoms with van der Waals surface area (Å²) in [7, 11) is 1.61. The molecule has 3 heteroatoms. The Balaban J connectivity index is 3.06. The van der Waals surface area contributed by atoms with Gasteiger partial charge in [0.25, 0.3) is 0 Å². The molecule has 0 aliphatic heterocycles. The zero-order valence-electron chi connectivity index (χ0n) is 8.80. The van der Waals surface area contributed by atoms with Crippen LogP contribution in [0.15, 0.2) is 18.2 Å². The number of nitrogens with two attached hydrogens (primary N) is 1. The summed E-state index contributed by atoms with van der Waals surface area (Å²) in [4.78, 5) is 0. The van der Waals surface area contributed by atoms with E-state index in [1.807, 2.05) is 13.8 Å². The van der Waals surface area contributed by atoms with Crippen LogP contribution in [0, 0.1) is 5.82 Å². The van der Waals surface area contributed by atoms with Gasteiger partial charge >= 0.3 is 0 Å². The monoisotopic (exact) mass is 197 g/mol. The van der Waals surface area contributed by atoms with E-state index in [1.165, 1.54) is 6.07 Å². The normalized spacial score (nSPS) is 11.7. The maximum absolute atomic E-state index is 13.5. The Morgan fingerprint density at radius 1 is 1.43 bits per heavy atom. The second kappa shape index (κ2) is 3.96. The Hall–Kier alpha value is -1.09. The van der Waals surface area contributed by atoms with E-state index in [2.05, 4.69) is 0 Å². The molecule has 0 unspecified atom stereocenters. The molecule has 78 valence electrons. The minimum absolute atomic E-state index is 0.271. The molecule has 0 fully saturated rings. The highest BCUT2D eigenvalue weighted by atomic mass is 19.1. The van der Waals surface area contributed by atoms with Gasteiger partial charge in [0.1, 0.15) is 5.82 Å². The number of halogens is 1. The maximum atomic E-state index is 13.5. The first kappa shape index (κ1) is 11.0. The number of hydrogen-bond acceptors (Lipinski definition) is 2. The van der Waals surface area contributed by atoms with E-state index in [9.17, 15) is 4.39 Å². The molecule has 0 radical (unpaired) electrons. The van der Waals surface area contributed by atoms with Crippen molar-refractivity contribution in [1.82, 2.24) is 0 Å². The van der Waals surface area contributed by atoms with Gasteiger partial charge in [0.2, 0.25) is 0 Å². The molecule has 1 aromatic carbocycles. The molecule has 0 heterocycles. The van der Waals surface area contributed by atoms with Crippen molar-refractivity contribution in [2.45, 2.75) is 19.3 Å². The van der Waals surface area contributed by atoms with Crippen LogP contribution in [0.5, 0.6) is 0 Å². The summed E-state index contributed by atoms with van der Waals surface area (Å²) in [5.74, 6) is -0.271. The van der Waals surface area contributed by atoms with Crippen molar-refractivity contribution < 1.29 is 9.13 Å². The van der Waals surface area contributed by atoms with Crippen LogP contribution in [-0.2, 0) is 10.2 Å². The summed E-state index contributed by atoms with van der Waals surface area (Å²) in [5, 5.41) is 0. The van der Waals surface area contributed by atoms with E-state index < -0.39 is 0 Å². The van der Waals surface area contributed by atoms with Crippen molar-refractivity contribution in [2.75, 3.05) is 19.5 Å². The van der Waals surface area contributed by atoms with Gasteiger partial charge in [0.15, 0.2) is 0 Å². The van der Waals surface area contributed by atoms with Crippen LogP contribution in [0.4, 0.5) is 10.1 Å². The molecule has 0 aliphatic carbocycles. The third kappa shape index (κ3) is 2.23. The van der Waals surface area contributed by atoms with Gasteiger partial charge in [0, 0.05) is 18.2 Å². The zero-order chi connectivity index (χ0) is 10.8. The van der Waals surface area contributed by atoms with Crippen LogP contribution in [0.25, 0.3) is 0 Å². The van der Waals surface area contributed by atoms with E-state index in [0.29, 0.717) is 17.9 Å². The SMILES string of the molecule is COCC(C)(C)c1ccc(N)cc1F. The van der Waals surface area contributed by atoms with Crippen LogP contribution < -0.4 is 5.73 Å². The van der Waals surface area contributed by atoms with Gasteiger partial charge in [-0.3, -0.25) is 0 Å². The zero-order valence-corrected chi connectivity index (χ0v) is 8.80. The molecular formula is C11H16FNO.